The van der Waals surface area contributed by atoms with Gasteiger partial charge in [0.05, 0.1) is 20.3 Å². The monoisotopic (exact) mass is 456 g/mol. The zero-order chi connectivity index (χ0) is 24.4. The van der Waals surface area contributed by atoms with Crippen molar-refractivity contribution in [1.82, 2.24) is 10.6 Å². The number of alkyl carbamates (subject to hydrolysis) is 1. The number of aryl methyl sites for hydroxylation is 1. The Morgan fingerprint density at radius 3 is 2.15 bits per heavy atom. The Balaban J connectivity index is 2.03. The van der Waals surface area contributed by atoms with Crippen LogP contribution in [0.4, 0.5) is 4.79 Å². The second-order valence-electron chi connectivity index (χ2n) is 8.47. The highest BCUT2D eigenvalue weighted by molar-refractivity contribution is 5.86. The van der Waals surface area contributed by atoms with Gasteiger partial charge in [-0.3, -0.25) is 4.79 Å². The molecule has 0 bridgehead atoms. The summed E-state index contributed by atoms with van der Waals surface area (Å²) in [5.74, 6) is 0.927. The molecular weight excluding hydrogens is 420 g/mol. The molecule has 2 aromatic carbocycles. The first-order valence-electron chi connectivity index (χ1n) is 11.2. The normalized spacial score (nSPS) is 12.6. The second-order valence-corrected chi connectivity index (χ2v) is 8.47. The first kappa shape index (κ1) is 26.0. The molecule has 0 unspecified atom stereocenters. The number of methoxy groups -OCH3 is 2. The average molecular weight is 457 g/mol. The first-order chi connectivity index (χ1) is 15.7. The number of hydrogen-bond donors (Lipinski definition) is 2. The topological polar surface area (TPSA) is 85.9 Å². The Morgan fingerprint density at radius 1 is 0.909 bits per heavy atom. The van der Waals surface area contributed by atoms with Crippen LogP contribution in [0.15, 0.2) is 42.5 Å². The fourth-order valence-electron chi connectivity index (χ4n) is 3.53. The van der Waals surface area contributed by atoms with E-state index in [4.69, 9.17) is 14.2 Å². The SMILES string of the molecule is COc1ccc(CCNC(=O)[C@@H](NC(=O)OC(C)C)[C@H](C)Cc2ccc(C)cc2)cc1OC. The van der Waals surface area contributed by atoms with E-state index in [2.05, 4.69) is 10.6 Å². The lowest BCUT2D eigenvalue weighted by molar-refractivity contribution is -0.124. The zero-order valence-corrected chi connectivity index (χ0v) is 20.4. The maximum atomic E-state index is 13.0. The van der Waals surface area contributed by atoms with Crippen LogP contribution in [-0.2, 0) is 22.4 Å². The van der Waals surface area contributed by atoms with Crippen LogP contribution in [0.2, 0.25) is 0 Å². The summed E-state index contributed by atoms with van der Waals surface area (Å²) in [5, 5.41) is 5.70. The van der Waals surface area contributed by atoms with Crippen molar-refractivity contribution in [1.29, 1.82) is 0 Å². The molecule has 0 radical (unpaired) electrons. The molecule has 7 heteroatoms. The summed E-state index contributed by atoms with van der Waals surface area (Å²) >= 11 is 0. The zero-order valence-electron chi connectivity index (χ0n) is 20.4. The van der Waals surface area contributed by atoms with Gasteiger partial charge >= 0.3 is 6.09 Å². The number of rotatable bonds is 11. The minimum Gasteiger partial charge on any atom is -0.493 e. The number of hydrogen-bond acceptors (Lipinski definition) is 5. The molecule has 0 heterocycles. The van der Waals surface area contributed by atoms with E-state index in [1.54, 1.807) is 28.1 Å². The molecule has 2 amide bonds. The van der Waals surface area contributed by atoms with E-state index in [0.29, 0.717) is 30.9 Å². The third-order valence-electron chi connectivity index (χ3n) is 5.31. The van der Waals surface area contributed by atoms with Gasteiger partial charge in [-0.25, -0.2) is 4.79 Å². The van der Waals surface area contributed by atoms with E-state index in [9.17, 15) is 9.59 Å². The fraction of sp³-hybridized carbons (Fsp3) is 0.462. The summed E-state index contributed by atoms with van der Waals surface area (Å²) in [5.41, 5.74) is 3.29. The molecule has 0 fully saturated rings. The number of ether oxygens (including phenoxy) is 3. The molecule has 2 N–H and O–H groups in total. The highest BCUT2D eigenvalue weighted by Crippen LogP contribution is 2.27. The summed E-state index contributed by atoms with van der Waals surface area (Å²) in [4.78, 5) is 25.3. The number of benzene rings is 2. The van der Waals surface area contributed by atoms with Crippen molar-refractivity contribution in [3.63, 3.8) is 0 Å². The molecule has 2 rings (SSSR count). The lowest BCUT2D eigenvalue weighted by Crippen LogP contribution is -2.51. The summed E-state index contributed by atoms with van der Waals surface area (Å²) in [7, 11) is 3.18. The van der Waals surface area contributed by atoms with Gasteiger partial charge in [0.15, 0.2) is 11.5 Å². The van der Waals surface area contributed by atoms with Gasteiger partial charge in [0.2, 0.25) is 5.91 Å². The lowest BCUT2D eigenvalue weighted by Gasteiger charge is -2.25. The van der Waals surface area contributed by atoms with Crippen LogP contribution >= 0.6 is 0 Å². The highest BCUT2D eigenvalue weighted by Gasteiger charge is 2.28. The maximum Gasteiger partial charge on any atom is 0.408 e. The molecule has 0 saturated carbocycles. The van der Waals surface area contributed by atoms with E-state index < -0.39 is 12.1 Å². The number of carbonyl (C=O) groups excluding carboxylic acids is 2. The van der Waals surface area contributed by atoms with Crippen LogP contribution in [0.5, 0.6) is 11.5 Å². The van der Waals surface area contributed by atoms with Gasteiger partial charge in [-0.1, -0.05) is 42.8 Å². The summed E-state index contributed by atoms with van der Waals surface area (Å²) in [6.45, 7) is 7.95. The van der Waals surface area contributed by atoms with Crippen LogP contribution in [0.3, 0.4) is 0 Å². The standard InChI is InChI=1S/C26H36N2O5/c1-17(2)33-26(30)28-24(19(4)15-20-9-7-18(3)8-10-20)25(29)27-14-13-21-11-12-22(31-5)23(16-21)32-6/h7-12,16-17,19,24H,13-15H2,1-6H3,(H,27,29)(H,28,30)/t19-,24+/m1/s1. The van der Waals surface area contributed by atoms with E-state index in [1.807, 2.05) is 56.3 Å². The summed E-state index contributed by atoms with van der Waals surface area (Å²) in [6, 6.07) is 13.1. The largest absolute Gasteiger partial charge is 0.493 e. The van der Waals surface area contributed by atoms with Crippen molar-refractivity contribution in [2.75, 3.05) is 20.8 Å². The third-order valence-corrected chi connectivity index (χ3v) is 5.31. The molecule has 2 aromatic rings. The predicted molar refractivity (Wildman–Crippen MR) is 129 cm³/mol. The Morgan fingerprint density at radius 2 is 1.55 bits per heavy atom. The van der Waals surface area contributed by atoms with Gasteiger partial charge in [0.25, 0.3) is 0 Å². The fourth-order valence-corrected chi connectivity index (χ4v) is 3.53. The van der Waals surface area contributed by atoms with Crippen molar-refractivity contribution < 1.29 is 23.8 Å². The van der Waals surface area contributed by atoms with Gasteiger partial charge in [-0.05, 0) is 62.8 Å². The molecule has 0 aromatic heterocycles. The third kappa shape index (κ3) is 8.33. The van der Waals surface area contributed by atoms with Crippen LogP contribution in [0.25, 0.3) is 0 Å². The van der Waals surface area contributed by atoms with Crippen molar-refractivity contribution in [2.24, 2.45) is 5.92 Å². The molecule has 0 saturated heterocycles. The van der Waals surface area contributed by atoms with Crippen molar-refractivity contribution in [2.45, 2.75) is 52.7 Å². The quantitative estimate of drug-likeness (QED) is 0.533. The van der Waals surface area contributed by atoms with Crippen LogP contribution < -0.4 is 20.1 Å². The van der Waals surface area contributed by atoms with Gasteiger partial charge < -0.3 is 24.8 Å². The van der Waals surface area contributed by atoms with Crippen molar-refractivity contribution >= 4 is 12.0 Å². The molecule has 0 aliphatic rings. The van der Waals surface area contributed by atoms with Crippen molar-refractivity contribution in [3.05, 3.63) is 59.2 Å². The molecule has 0 spiro atoms. The van der Waals surface area contributed by atoms with E-state index in [1.165, 1.54) is 5.56 Å². The maximum absolute atomic E-state index is 13.0. The molecule has 2 atom stereocenters. The smallest absolute Gasteiger partial charge is 0.408 e. The van der Waals surface area contributed by atoms with Crippen molar-refractivity contribution in [3.8, 4) is 11.5 Å². The predicted octanol–water partition coefficient (Wildman–Crippen LogP) is 4.05. The minimum absolute atomic E-state index is 0.131. The number of carbonyl (C=O) groups is 2. The molecular formula is C26H36N2O5. The Labute approximate surface area is 196 Å². The number of amides is 2. The first-order valence-corrected chi connectivity index (χ1v) is 11.2. The molecule has 180 valence electrons. The van der Waals surface area contributed by atoms with E-state index >= 15 is 0 Å². The van der Waals surface area contributed by atoms with Gasteiger partial charge in [-0.2, -0.15) is 0 Å². The Hall–Kier alpha value is -3.22. The van der Waals surface area contributed by atoms with Gasteiger partial charge in [0, 0.05) is 6.54 Å². The molecule has 7 nitrogen and oxygen atoms in total. The van der Waals surface area contributed by atoms with E-state index in [-0.39, 0.29) is 17.9 Å². The lowest BCUT2D eigenvalue weighted by atomic mass is 9.93. The average Bonchev–Trinajstić information content (AvgIpc) is 2.78. The molecule has 0 aliphatic heterocycles. The van der Waals surface area contributed by atoms with Gasteiger partial charge in [0.1, 0.15) is 6.04 Å². The molecule has 0 aliphatic carbocycles. The van der Waals surface area contributed by atoms with Gasteiger partial charge in [-0.15, -0.1) is 0 Å². The van der Waals surface area contributed by atoms with Crippen LogP contribution in [0.1, 0.15) is 37.5 Å². The number of nitrogens with one attached hydrogen (secondary N) is 2. The van der Waals surface area contributed by atoms with Crippen LogP contribution in [-0.4, -0.2) is 44.9 Å². The minimum atomic E-state index is -0.719. The summed E-state index contributed by atoms with van der Waals surface area (Å²) in [6.07, 6.45) is 0.393. The summed E-state index contributed by atoms with van der Waals surface area (Å²) < 4.78 is 15.8. The Kier molecular flexibility index (Phi) is 10.0. The highest BCUT2D eigenvalue weighted by atomic mass is 16.6. The van der Waals surface area contributed by atoms with Crippen LogP contribution in [0, 0.1) is 12.8 Å². The Bertz CT molecular complexity index is 911. The molecule has 33 heavy (non-hydrogen) atoms. The second kappa shape index (κ2) is 12.7. The van der Waals surface area contributed by atoms with E-state index in [0.717, 1.165) is 11.1 Å².